The SMILES string of the molecule is CCCCCCCCCC/C=C/CC/C=C/C(O)C(CO)NC(=O)C(O)CCCCCCCCCCCCCCC/C=C\CCCCCCCCCCCCCC. The molecule has 0 saturated carbocycles. The quantitative estimate of drug-likeness (QED) is 0.0365. The Bertz CT molecular complexity index is 885. The molecule has 0 spiro atoms. The van der Waals surface area contributed by atoms with Crippen molar-refractivity contribution in [1.82, 2.24) is 5.32 Å². The van der Waals surface area contributed by atoms with E-state index in [0.29, 0.717) is 6.42 Å². The lowest BCUT2D eigenvalue weighted by Gasteiger charge is -2.21. The summed E-state index contributed by atoms with van der Waals surface area (Å²) in [6, 6.07) is -0.813. The topological polar surface area (TPSA) is 89.8 Å². The molecular weight excluding hydrogens is 703 g/mol. The first-order chi connectivity index (χ1) is 28.1. The maximum absolute atomic E-state index is 12.5. The number of allylic oxidation sites excluding steroid dienone is 5. The van der Waals surface area contributed by atoms with E-state index in [1.807, 2.05) is 6.08 Å². The molecule has 3 atom stereocenters. The molecule has 5 nitrogen and oxygen atoms in total. The fourth-order valence-corrected chi connectivity index (χ4v) is 7.73. The number of aliphatic hydroxyl groups is 3. The van der Waals surface area contributed by atoms with Gasteiger partial charge in [0.1, 0.15) is 6.10 Å². The van der Waals surface area contributed by atoms with Gasteiger partial charge >= 0.3 is 0 Å². The van der Waals surface area contributed by atoms with Gasteiger partial charge in [0.15, 0.2) is 0 Å². The predicted octanol–water partition coefficient (Wildman–Crippen LogP) is 15.1. The first-order valence-corrected chi connectivity index (χ1v) is 25.3. The highest BCUT2D eigenvalue weighted by atomic mass is 16.3. The van der Waals surface area contributed by atoms with Crippen LogP contribution >= 0.6 is 0 Å². The van der Waals surface area contributed by atoms with Crippen LogP contribution in [0.2, 0.25) is 0 Å². The number of unbranched alkanes of at least 4 members (excludes halogenated alkanes) is 34. The number of amides is 1. The fourth-order valence-electron chi connectivity index (χ4n) is 7.73. The fraction of sp³-hybridized carbons (Fsp3) is 0.865. The van der Waals surface area contributed by atoms with Gasteiger partial charge in [0, 0.05) is 0 Å². The molecule has 0 aliphatic heterocycles. The normalized spacial score (nSPS) is 13.7. The van der Waals surface area contributed by atoms with E-state index in [1.54, 1.807) is 6.08 Å². The third kappa shape index (κ3) is 42.5. The summed E-state index contributed by atoms with van der Waals surface area (Å²) in [6.07, 6.45) is 60.7. The van der Waals surface area contributed by atoms with Crippen LogP contribution in [0.3, 0.4) is 0 Å². The highest BCUT2D eigenvalue weighted by molar-refractivity contribution is 5.80. The summed E-state index contributed by atoms with van der Waals surface area (Å²) in [5, 5.41) is 33.2. The van der Waals surface area contributed by atoms with Gasteiger partial charge in [-0.25, -0.2) is 0 Å². The van der Waals surface area contributed by atoms with Gasteiger partial charge in [0.25, 0.3) is 0 Å². The minimum absolute atomic E-state index is 0.375. The summed E-state index contributed by atoms with van der Waals surface area (Å²) >= 11 is 0. The van der Waals surface area contributed by atoms with Crippen molar-refractivity contribution in [2.24, 2.45) is 0 Å². The first-order valence-electron chi connectivity index (χ1n) is 25.3. The minimum atomic E-state index is -1.10. The molecule has 5 heteroatoms. The van der Waals surface area contributed by atoms with Gasteiger partial charge in [-0.05, 0) is 57.8 Å². The molecule has 4 N–H and O–H groups in total. The molecule has 0 aromatic heterocycles. The van der Waals surface area contributed by atoms with E-state index in [1.165, 1.54) is 205 Å². The molecule has 0 bridgehead atoms. The molecule has 0 aromatic rings. The maximum atomic E-state index is 12.5. The van der Waals surface area contributed by atoms with Crippen molar-refractivity contribution in [3.05, 3.63) is 36.5 Å². The van der Waals surface area contributed by atoms with E-state index >= 15 is 0 Å². The monoisotopic (exact) mass is 802 g/mol. The molecule has 0 heterocycles. The summed E-state index contributed by atoms with van der Waals surface area (Å²) in [5.41, 5.74) is 0. The average Bonchev–Trinajstić information content (AvgIpc) is 3.22. The molecule has 0 rings (SSSR count). The number of hydrogen-bond donors (Lipinski definition) is 4. The van der Waals surface area contributed by atoms with Crippen LogP contribution in [-0.4, -0.2) is 46.1 Å². The summed E-state index contributed by atoms with van der Waals surface area (Å²) in [4.78, 5) is 12.5. The number of carbonyl (C=O) groups excluding carboxylic acids is 1. The van der Waals surface area contributed by atoms with Gasteiger partial charge in [-0.15, -0.1) is 0 Å². The van der Waals surface area contributed by atoms with Crippen LogP contribution in [-0.2, 0) is 4.79 Å². The molecule has 3 unspecified atom stereocenters. The number of hydrogen-bond acceptors (Lipinski definition) is 4. The second-order valence-electron chi connectivity index (χ2n) is 17.4. The molecular formula is C52H99NO4. The second-order valence-corrected chi connectivity index (χ2v) is 17.4. The van der Waals surface area contributed by atoms with E-state index in [9.17, 15) is 20.1 Å². The van der Waals surface area contributed by atoms with Crippen molar-refractivity contribution in [1.29, 1.82) is 0 Å². The summed E-state index contributed by atoms with van der Waals surface area (Å²) in [5.74, 6) is -0.512. The zero-order valence-electron chi connectivity index (χ0n) is 38.2. The molecule has 0 radical (unpaired) electrons. The van der Waals surface area contributed by atoms with Gasteiger partial charge in [-0.3, -0.25) is 4.79 Å². The van der Waals surface area contributed by atoms with Gasteiger partial charge in [-0.1, -0.05) is 243 Å². The summed E-state index contributed by atoms with van der Waals surface area (Å²) in [7, 11) is 0. The lowest BCUT2D eigenvalue weighted by atomic mass is 10.0. The standard InChI is InChI=1S/C52H99NO4/c1-3-5-7-9-11-13-15-17-19-20-21-22-23-24-25-26-27-28-29-30-31-32-33-35-37-39-41-43-45-47-51(56)52(57)53-49(48-54)50(55)46-44-42-40-38-36-34-18-16-14-12-10-8-6-4-2/h24-25,36,38,44,46,49-51,54-56H,3-23,26-35,37,39-43,45,47-48H2,1-2H3,(H,53,57)/b25-24-,38-36+,46-44+. The summed E-state index contributed by atoms with van der Waals surface area (Å²) in [6.45, 7) is 4.18. The van der Waals surface area contributed by atoms with E-state index in [2.05, 4.69) is 43.5 Å². The van der Waals surface area contributed by atoms with Crippen LogP contribution in [0.4, 0.5) is 0 Å². The van der Waals surface area contributed by atoms with Gasteiger partial charge in [0.2, 0.25) is 5.91 Å². The Morgan fingerprint density at radius 2 is 0.719 bits per heavy atom. The third-order valence-electron chi connectivity index (χ3n) is 11.7. The van der Waals surface area contributed by atoms with E-state index in [-0.39, 0.29) is 6.61 Å². The molecule has 57 heavy (non-hydrogen) atoms. The van der Waals surface area contributed by atoms with Crippen LogP contribution in [0.5, 0.6) is 0 Å². The number of carbonyl (C=O) groups is 1. The molecule has 336 valence electrons. The highest BCUT2D eigenvalue weighted by Crippen LogP contribution is 2.16. The van der Waals surface area contributed by atoms with E-state index in [4.69, 9.17) is 0 Å². The smallest absolute Gasteiger partial charge is 0.249 e. The van der Waals surface area contributed by atoms with Crippen LogP contribution in [0.25, 0.3) is 0 Å². The second kappa shape index (κ2) is 47.3. The zero-order chi connectivity index (χ0) is 41.5. The average molecular weight is 802 g/mol. The summed E-state index contributed by atoms with van der Waals surface area (Å²) < 4.78 is 0. The third-order valence-corrected chi connectivity index (χ3v) is 11.7. The van der Waals surface area contributed by atoms with E-state index in [0.717, 1.165) is 38.5 Å². The van der Waals surface area contributed by atoms with Crippen LogP contribution < -0.4 is 5.32 Å². The Morgan fingerprint density at radius 3 is 1.07 bits per heavy atom. The van der Waals surface area contributed by atoms with Crippen molar-refractivity contribution in [2.45, 2.75) is 283 Å². The Hall–Kier alpha value is -1.43. The molecule has 0 aromatic carbocycles. The largest absolute Gasteiger partial charge is 0.394 e. The lowest BCUT2D eigenvalue weighted by molar-refractivity contribution is -0.131. The van der Waals surface area contributed by atoms with Crippen LogP contribution in [0.15, 0.2) is 36.5 Å². The van der Waals surface area contributed by atoms with Crippen LogP contribution in [0.1, 0.15) is 264 Å². The molecule has 0 aliphatic rings. The van der Waals surface area contributed by atoms with Crippen molar-refractivity contribution < 1.29 is 20.1 Å². The predicted molar refractivity (Wildman–Crippen MR) is 250 cm³/mol. The van der Waals surface area contributed by atoms with Gasteiger partial charge in [-0.2, -0.15) is 0 Å². The van der Waals surface area contributed by atoms with Crippen LogP contribution in [0, 0.1) is 0 Å². The molecule has 0 aliphatic carbocycles. The van der Waals surface area contributed by atoms with Crippen molar-refractivity contribution in [3.63, 3.8) is 0 Å². The Kier molecular flexibility index (Phi) is 46.1. The van der Waals surface area contributed by atoms with E-state index < -0.39 is 24.2 Å². The minimum Gasteiger partial charge on any atom is -0.394 e. The Labute approximate surface area is 355 Å². The maximum Gasteiger partial charge on any atom is 0.249 e. The molecule has 1 amide bonds. The van der Waals surface area contributed by atoms with Gasteiger partial charge < -0.3 is 20.6 Å². The van der Waals surface area contributed by atoms with Crippen molar-refractivity contribution >= 4 is 5.91 Å². The number of nitrogens with one attached hydrogen (secondary N) is 1. The van der Waals surface area contributed by atoms with Gasteiger partial charge in [0.05, 0.1) is 18.8 Å². The first kappa shape index (κ1) is 55.6. The number of rotatable bonds is 46. The number of aliphatic hydroxyl groups excluding tert-OH is 3. The zero-order valence-corrected chi connectivity index (χ0v) is 38.2. The Balaban J connectivity index is 3.57. The van der Waals surface area contributed by atoms with Crippen molar-refractivity contribution in [2.75, 3.05) is 6.61 Å². The van der Waals surface area contributed by atoms with Crippen molar-refractivity contribution in [3.8, 4) is 0 Å². The highest BCUT2D eigenvalue weighted by Gasteiger charge is 2.22. The Morgan fingerprint density at radius 1 is 0.421 bits per heavy atom. The molecule has 0 fully saturated rings. The molecule has 0 saturated heterocycles. The lowest BCUT2D eigenvalue weighted by Crippen LogP contribution is -2.48.